The molecule has 1 aromatic heterocycles. The van der Waals surface area contributed by atoms with Crippen LogP contribution in [0.1, 0.15) is 12.8 Å². The van der Waals surface area contributed by atoms with E-state index in [4.69, 9.17) is 21.1 Å². The number of benzene rings is 2. The van der Waals surface area contributed by atoms with Crippen molar-refractivity contribution in [2.75, 3.05) is 56.3 Å². The zero-order chi connectivity index (χ0) is 22.6. The van der Waals surface area contributed by atoms with Crippen LogP contribution < -0.4 is 25.0 Å². The van der Waals surface area contributed by atoms with Crippen molar-refractivity contribution < 1.29 is 14.3 Å². The lowest BCUT2D eigenvalue weighted by Crippen LogP contribution is -2.46. The Morgan fingerprint density at radius 3 is 2.70 bits per heavy atom. The first-order chi connectivity index (χ1) is 16.2. The van der Waals surface area contributed by atoms with Gasteiger partial charge in [-0.3, -0.25) is 10.2 Å². The van der Waals surface area contributed by atoms with Gasteiger partial charge in [0.1, 0.15) is 5.00 Å². The second-order valence-electron chi connectivity index (χ2n) is 8.20. The fourth-order valence-electron chi connectivity index (χ4n) is 4.22. The minimum Gasteiger partial charge on any atom is -0.454 e. The number of rotatable bonds is 7. The first kappa shape index (κ1) is 22.1. The molecule has 9 heteroatoms. The molecule has 174 valence electrons. The van der Waals surface area contributed by atoms with Crippen molar-refractivity contribution in [2.45, 2.75) is 12.8 Å². The molecule has 0 saturated carbocycles. The van der Waals surface area contributed by atoms with E-state index >= 15 is 0 Å². The number of fused-ring (bicyclic) bond motifs is 2. The molecule has 1 saturated heterocycles. The van der Waals surface area contributed by atoms with E-state index in [1.54, 1.807) is 0 Å². The number of amides is 2. The van der Waals surface area contributed by atoms with Gasteiger partial charge in [-0.25, -0.2) is 4.79 Å². The molecule has 3 heterocycles. The van der Waals surface area contributed by atoms with Gasteiger partial charge in [-0.15, -0.1) is 11.3 Å². The van der Waals surface area contributed by atoms with E-state index in [2.05, 4.69) is 32.6 Å². The number of anilines is 2. The van der Waals surface area contributed by atoms with E-state index in [0.717, 1.165) is 67.2 Å². The van der Waals surface area contributed by atoms with Crippen LogP contribution in [0, 0.1) is 0 Å². The number of carbonyl (C=O) groups is 1. The summed E-state index contributed by atoms with van der Waals surface area (Å²) >= 11 is 7.88. The number of piperazine rings is 1. The van der Waals surface area contributed by atoms with Gasteiger partial charge in [0.05, 0.1) is 5.02 Å². The van der Waals surface area contributed by atoms with Gasteiger partial charge in [0.15, 0.2) is 11.5 Å². The summed E-state index contributed by atoms with van der Waals surface area (Å²) in [6.45, 7) is 6.06. The van der Waals surface area contributed by atoms with E-state index in [9.17, 15) is 4.79 Å². The number of halogens is 1. The van der Waals surface area contributed by atoms with Crippen molar-refractivity contribution in [1.29, 1.82) is 0 Å². The SMILES string of the molecule is O=C(NCCCCN1CCN(c2ccc3c(c2)OCO3)CC1)Nc1sc2ccccc2c1Cl. The Kier molecular flexibility index (Phi) is 6.75. The molecule has 5 rings (SSSR count). The molecule has 0 radical (unpaired) electrons. The lowest BCUT2D eigenvalue weighted by Gasteiger charge is -2.36. The lowest BCUT2D eigenvalue weighted by molar-refractivity contribution is 0.174. The summed E-state index contributed by atoms with van der Waals surface area (Å²) in [7, 11) is 0. The monoisotopic (exact) mass is 486 g/mol. The predicted molar refractivity (Wildman–Crippen MR) is 134 cm³/mol. The highest BCUT2D eigenvalue weighted by Crippen LogP contribution is 2.39. The maximum Gasteiger partial charge on any atom is 0.319 e. The second-order valence-corrected chi connectivity index (χ2v) is 9.63. The molecular weight excluding hydrogens is 460 g/mol. The van der Waals surface area contributed by atoms with Crippen LogP contribution in [0.2, 0.25) is 5.02 Å². The van der Waals surface area contributed by atoms with E-state index in [0.29, 0.717) is 23.4 Å². The summed E-state index contributed by atoms with van der Waals surface area (Å²) in [6, 6.07) is 13.8. The Morgan fingerprint density at radius 2 is 1.85 bits per heavy atom. The number of thiophene rings is 1. The highest BCUT2D eigenvalue weighted by molar-refractivity contribution is 7.23. The van der Waals surface area contributed by atoms with Gasteiger partial charge in [0.25, 0.3) is 0 Å². The quantitative estimate of drug-likeness (QED) is 0.460. The number of urea groups is 1. The van der Waals surface area contributed by atoms with Crippen LogP contribution >= 0.6 is 22.9 Å². The molecule has 2 N–H and O–H groups in total. The predicted octanol–water partition coefficient (Wildman–Crippen LogP) is 5.01. The van der Waals surface area contributed by atoms with Crippen molar-refractivity contribution in [3.8, 4) is 11.5 Å². The van der Waals surface area contributed by atoms with Gasteiger partial charge in [-0.2, -0.15) is 0 Å². The zero-order valence-electron chi connectivity index (χ0n) is 18.3. The van der Waals surface area contributed by atoms with Crippen LogP contribution in [0.25, 0.3) is 10.1 Å². The first-order valence-electron chi connectivity index (χ1n) is 11.3. The number of hydrogen-bond acceptors (Lipinski definition) is 6. The topological polar surface area (TPSA) is 66.1 Å². The third-order valence-electron chi connectivity index (χ3n) is 6.04. The molecule has 2 aliphatic rings. The standard InChI is InChI=1S/C24H27ClN4O3S/c25-22-18-5-1-2-6-21(18)33-23(22)27-24(30)26-9-3-4-10-28-11-13-29(14-12-28)17-7-8-19-20(15-17)32-16-31-19/h1-2,5-8,15H,3-4,9-14,16H2,(H2,26,27,30). The molecule has 0 atom stereocenters. The molecule has 33 heavy (non-hydrogen) atoms. The van der Waals surface area contributed by atoms with Gasteiger partial charge in [-0.05, 0) is 37.6 Å². The number of carbonyl (C=O) groups excluding carboxylic acids is 1. The number of nitrogens with zero attached hydrogens (tertiary/aromatic N) is 2. The molecule has 0 bridgehead atoms. The van der Waals surface area contributed by atoms with Crippen molar-refractivity contribution in [2.24, 2.45) is 0 Å². The molecule has 2 amide bonds. The van der Waals surface area contributed by atoms with Gasteiger partial charge < -0.3 is 19.7 Å². The first-order valence-corrected chi connectivity index (χ1v) is 12.5. The van der Waals surface area contributed by atoms with Gasteiger partial charge in [0, 0.05) is 54.6 Å². The highest BCUT2D eigenvalue weighted by Gasteiger charge is 2.20. The number of hydrogen-bond donors (Lipinski definition) is 2. The summed E-state index contributed by atoms with van der Waals surface area (Å²) in [6.07, 6.45) is 1.99. The smallest absolute Gasteiger partial charge is 0.319 e. The molecule has 0 unspecified atom stereocenters. The van der Waals surface area contributed by atoms with Crippen LogP contribution in [-0.4, -0.2) is 57.0 Å². The maximum absolute atomic E-state index is 12.2. The number of nitrogens with one attached hydrogen (secondary N) is 2. The number of ether oxygens (including phenoxy) is 2. The van der Waals surface area contributed by atoms with Crippen LogP contribution in [0.15, 0.2) is 42.5 Å². The van der Waals surface area contributed by atoms with Gasteiger partial charge in [-0.1, -0.05) is 29.8 Å². The average Bonchev–Trinajstić information content (AvgIpc) is 3.43. The minimum absolute atomic E-state index is 0.208. The Bertz CT molecular complexity index is 1130. The Balaban J connectivity index is 0.989. The van der Waals surface area contributed by atoms with Gasteiger partial charge in [0.2, 0.25) is 6.79 Å². The normalized spacial score (nSPS) is 15.7. The largest absolute Gasteiger partial charge is 0.454 e. The Morgan fingerprint density at radius 1 is 1.03 bits per heavy atom. The summed E-state index contributed by atoms with van der Waals surface area (Å²) < 4.78 is 12.0. The Hall–Kier alpha value is -2.68. The summed E-state index contributed by atoms with van der Waals surface area (Å²) in [5, 5.41) is 8.08. The van der Waals surface area contributed by atoms with Crippen LogP contribution in [0.3, 0.4) is 0 Å². The average molecular weight is 487 g/mol. The highest BCUT2D eigenvalue weighted by atomic mass is 35.5. The summed E-state index contributed by atoms with van der Waals surface area (Å²) in [5.41, 5.74) is 1.19. The van der Waals surface area contributed by atoms with Crippen molar-refractivity contribution in [3.05, 3.63) is 47.5 Å². The van der Waals surface area contributed by atoms with Gasteiger partial charge >= 0.3 is 6.03 Å². The van der Waals surface area contributed by atoms with Crippen molar-refractivity contribution in [1.82, 2.24) is 10.2 Å². The zero-order valence-corrected chi connectivity index (χ0v) is 19.9. The molecule has 3 aromatic rings. The molecule has 0 spiro atoms. The van der Waals surface area contributed by atoms with E-state index in [-0.39, 0.29) is 6.03 Å². The lowest BCUT2D eigenvalue weighted by atomic mass is 10.2. The number of unbranched alkanes of at least 4 members (excludes halogenated alkanes) is 1. The third-order valence-corrected chi connectivity index (χ3v) is 7.63. The van der Waals surface area contributed by atoms with Crippen molar-refractivity contribution >= 4 is 49.7 Å². The molecule has 1 fully saturated rings. The molecule has 0 aliphatic carbocycles. The van der Waals surface area contributed by atoms with E-state index < -0.39 is 0 Å². The van der Waals surface area contributed by atoms with Crippen molar-refractivity contribution in [3.63, 3.8) is 0 Å². The minimum atomic E-state index is -0.208. The van der Waals surface area contributed by atoms with Crippen LogP contribution in [-0.2, 0) is 0 Å². The molecular formula is C24H27ClN4O3S. The third kappa shape index (κ3) is 5.13. The summed E-state index contributed by atoms with van der Waals surface area (Å²) in [4.78, 5) is 17.1. The molecule has 2 aliphatic heterocycles. The fraction of sp³-hybridized carbons (Fsp3) is 0.375. The Labute approximate surface area is 202 Å². The second kappa shape index (κ2) is 10.1. The van der Waals surface area contributed by atoms with E-state index in [1.165, 1.54) is 17.0 Å². The fourth-order valence-corrected chi connectivity index (χ4v) is 5.59. The van der Waals surface area contributed by atoms with E-state index in [1.807, 2.05) is 30.3 Å². The van der Waals surface area contributed by atoms with Crippen LogP contribution in [0.4, 0.5) is 15.5 Å². The molecule has 2 aromatic carbocycles. The maximum atomic E-state index is 12.2. The van der Waals surface area contributed by atoms with Crippen LogP contribution in [0.5, 0.6) is 11.5 Å². The molecule has 7 nitrogen and oxygen atoms in total. The summed E-state index contributed by atoms with van der Waals surface area (Å²) in [5.74, 6) is 1.66.